The van der Waals surface area contributed by atoms with Gasteiger partial charge < -0.3 is 11.1 Å². The molecule has 2 aromatic heterocycles. The average molecular weight is 272 g/mol. The van der Waals surface area contributed by atoms with E-state index in [1.165, 1.54) is 17.3 Å². The third-order valence-corrected chi connectivity index (χ3v) is 3.56. The Balaban J connectivity index is 1.76. The minimum absolute atomic E-state index is 0.0958. The molecule has 0 bridgehead atoms. The summed E-state index contributed by atoms with van der Waals surface area (Å²) in [6.07, 6.45) is 7.84. The van der Waals surface area contributed by atoms with Crippen molar-refractivity contribution in [2.75, 3.05) is 5.32 Å². The molecular weight excluding hydrogens is 256 g/mol. The summed E-state index contributed by atoms with van der Waals surface area (Å²) in [7, 11) is 0. The monoisotopic (exact) mass is 272 g/mol. The van der Waals surface area contributed by atoms with E-state index < -0.39 is 0 Å². The van der Waals surface area contributed by atoms with Gasteiger partial charge in [0.15, 0.2) is 5.82 Å². The first-order valence-corrected chi connectivity index (χ1v) is 6.55. The van der Waals surface area contributed by atoms with Crippen LogP contribution in [0.15, 0.2) is 31.0 Å². The molecule has 2 heterocycles. The summed E-state index contributed by atoms with van der Waals surface area (Å²) in [5.74, 6) is 0.444. The first-order chi connectivity index (χ1) is 9.66. The van der Waals surface area contributed by atoms with Gasteiger partial charge in [0, 0.05) is 18.2 Å². The van der Waals surface area contributed by atoms with Crippen molar-refractivity contribution in [3.05, 3.63) is 31.0 Å². The molecule has 7 heteroatoms. The van der Waals surface area contributed by atoms with Gasteiger partial charge in [-0.15, -0.1) is 0 Å². The van der Waals surface area contributed by atoms with Gasteiger partial charge in [-0.05, 0) is 31.4 Å². The van der Waals surface area contributed by atoms with Crippen molar-refractivity contribution in [2.45, 2.75) is 31.2 Å². The van der Waals surface area contributed by atoms with E-state index in [2.05, 4.69) is 20.4 Å². The summed E-state index contributed by atoms with van der Waals surface area (Å²) in [6, 6.07) is 3.55. The lowest BCUT2D eigenvalue weighted by atomic mass is 9.75. The standard InChI is InChI=1S/C13H16N6O/c14-13(4-2-5-13)7-11(20)18-10-3-1-6-16-12(10)19-9-15-8-17-19/h1,3,6,8-9H,2,4-5,7,14H2,(H,18,20). The number of pyridine rings is 1. The summed E-state index contributed by atoms with van der Waals surface area (Å²) in [5, 5.41) is 6.88. The maximum atomic E-state index is 12.1. The number of nitrogens with zero attached hydrogens (tertiary/aromatic N) is 4. The molecule has 1 aliphatic rings. The fourth-order valence-corrected chi connectivity index (χ4v) is 2.32. The number of nitrogens with two attached hydrogens (primary N) is 1. The number of hydrogen-bond acceptors (Lipinski definition) is 5. The van der Waals surface area contributed by atoms with E-state index in [1.54, 1.807) is 18.3 Å². The van der Waals surface area contributed by atoms with Crippen molar-refractivity contribution in [2.24, 2.45) is 5.73 Å². The average Bonchev–Trinajstić information content (AvgIpc) is 2.91. The topological polar surface area (TPSA) is 98.7 Å². The van der Waals surface area contributed by atoms with Crippen molar-refractivity contribution in [3.63, 3.8) is 0 Å². The Morgan fingerprint density at radius 1 is 1.50 bits per heavy atom. The molecule has 0 saturated heterocycles. The number of rotatable bonds is 4. The van der Waals surface area contributed by atoms with E-state index in [9.17, 15) is 4.79 Å². The molecule has 1 saturated carbocycles. The molecule has 0 unspecified atom stereocenters. The molecule has 0 atom stereocenters. The molecule has 20 heavy (non-hydrogen) atoms. The Bertz CT molecular complexity index is 605. The summed E-state index contributed by atoms with van der Waals surface area (Å²) in [5.41, 5.74) is 6.36. The number of aromatic nitrogens is 4. The molecule has 0 aliphatic heterocycles. The van der Waals surface area contributed by atoms with E-state index >= 15 is 0 Å². The zero-order valence-electron chi connectivity index (χ0n) is 11.0. The van der Waals surface area contributed by atoms with Crippen LogP contribution in [0.1, 0.15) is 25.7 Å². The van der Waals surface area contributed by atoms with E-state index in [1.807, 2.05) is 0 Å². The van der Waals surface area contributed by atoms with E-state index in [0.717, 1.165) is 19.3 Å². The van der Waals surface area contributed by atoms with Gasteiger partial charge in [0.05, 0.1) is 5.69 Å². The maximum Gasteiger partial charge on any atom is 0.226 e. The summed E-state index contributed by atoms with van der Waals surface area (Å²) >= 11 is 0. The third-order valence-electron chi connectivity index (χ3n) is 3.56. The summed E-state index contributed by atoms with van der Waals surface area (Å²) < 4.78 is 1.51. The lowest BCUT2D eigenvalue weighted by molar-refractivity contribution is -0.118. The molecule has 1 aliphatic carbocycles. The van der Waals surface area contributed by atoms with Gasteiger partial charge in [-0.25, -0.2) is 14.6 Å². The van der Waals surface area contributed by atoms with Gasteiger partial charge in [0.2, 0.25) is 5.91 Å². The van der Waals surface area contributed by atoms with E-state index in [4.69, 9.17) is 5.73 Å². The Hall–Kier alpha value is -2.28. The van der Waals surface area contributed by atoms with Crippen LogP contribution in [0.4, 0.5) is 5.69 Å². The number of carbonyl (C=O) groups is 1. The van der Waals surface area contributed by atoms with Gasteiger partial charge in [0.25, 0.3) is 0 Å². The summed E-state index contributed by atoms with van der Waals surface area (Å²) in [4.78, 5) is 20.2. The predicted octanol–water partition coefficient (Wildman–Crippen LogP) is 0.872. The molecule has 0 spiro atoms. The molecule has 1 amide bonds. The van der Waals surface area contributed by atoms with Crippen molar-refractivity contribution in [1.29, 1.82) is 0 Å². The third kappa shape index (κ3) is 2.53. The molecule has 104 valence electrons. The SMILES string of the molecule is NC1(CC(=O)Nc2cccnc2-n2cncn2)CCC1. The van der Waals surface area contributed by atoms with Gasteiger partial charge >= 0.3 is 0 Å². The number of carbonyl (C=O) groups excluding carboxylic acids is 1. The molecular formula is C13H16N6O. The zero-order chi connectivity index (χ0) is 14.0. The second-order valence-corrected chi connectivity index (χ2v) is 5.16. The molecule has 7 nitrogen and oxygen atoms in total. The molecule has 2 aromatic rings. The highest BCUT2D eigenvalue weighted by atomic mass is 16.1. The highest BCUT2D eigenvalue weighted by Crippen LogP contribution is 2.32. The highest BCUT2D eigenvalue weighted by Gasteiger charge is 2.34. The van der Waals surface area contributed by atoms with Crippen LogP contribution < -0.4 is 11.1 Å². The van der Waals surface area contributed by atoms with Gasteiger partial charge in [-0.1, -0.05) is 0 Å². The first kappa shape index (κ1) is 12.7. The number of nitrogens with one attached hydrogen (secondary N) is 1. The lowest BCUT2D eigenvalue weighted by Crippen LogP contribution is -2.49. The van der Waals surface area contributed by atoms with Crippen LogP contribution in [-0.2, 0) is 4.79 Å². The van der Waals surface area contributed by atoms with Crippen LogP contribution in [0, 0.1) is 0 Å². The highest BCUT2D eigenvalue weighted by molar-refractivity contribution is 5.93. The lowest BCUT2D eigenvalue weighted by Gasteiger charge is -2.37. The Labute approximate surface area is 116 Å². The minimum atomic E-state index is -0.334. The van der Waals surface area contributed by atoms with Crippen LogP contribution >= 0.6 is 0 Å². The first-order valence-electron chi connectivity index (χ1n) is 6.55. The predicted molar refractivity (Wildman–Crippen MR) is 73.2 cm³/mol. The van der Waals surface area contributed by atoms with Crippen LogP contribution in [0.2, 0.25) is 0 Å². The van der Waals surface area contributed by atoms with Crippen LogP contribution in [0.25, 0.3) is 5.82 Å². The second kappa shape index (κ2) is 5.01. The molecule has 0 radical (unpaired) electrons. The smallest absolute Gasteiger partial charge is 0.226 e. The second-order valence-electron chi connectivity index (χ2n) is 5.16. The van der Waals surface area contributed by atoms with Gasteiger partial charge in [-0.2, -0.15) is 5.10 Å². The minimum Gasteiger partial charge on any atom is -0.325 e. The van der Waals surface area contributed by atoms with Crippen LogP contribution in [0.3, 0.4) is 0 Å². The molecule has 0 aromatic carbocycles. The fraction of sp³-hybridized carbons (Fsp3) is 0.385. The molecule has 3 rings (SSSR count). The van der Waals surface area contributed by atoms with Gasteiger partial charge in [-0.3, -0.25) is 4.79 Å². The van der Waals surface area contributed by atoms with E-state index in [-0.39, 0.29) is 11.4 Å². The molecule has 1 fully saturated rings. The quantitative estimate of drug-likeness (QED) is 0.860. The van der Waals surface area contributed by atoms with Crippen molar-refractivity contribution < 1.29 is 4.79 Å². The van der Waals surface area contributed by atoms with Crippen molar-refractivity contribution in [3.8, 4) is 5.82 Å². The van der Waals surface area contributed by atoms with Crippen LogP contribution in [0.5, 0.6) is 0 Å². The maximum absolute atomic E-state index is 12.1. The largest absolute Gasteiger partial charge is 0.325 e. The Kier molecular flexibility index (Phi) is 3.19. The van der Waals surface area contributed by atoms with Crippen LogP contribution in [-0.4, -0.2) is 31.2 Å². The Morgan fingerprint density at radius 2 is 2.35 bits per heavy atom. The molecule has 3 N–H and O–H groups in total. The zero-order valence-corrected chi connectivity index (χ0v) is 11.0. The number of anilines is 1. The normalized spacial score (nSPS) is 16.4. The Morgan fingerprint density at radius 3 is 3.00 bits per heavy atom. The van der Waals surface area contributed by atoms with E-state index in [0.29, 0.717) is 17.9 Å². The van der Waals surface area contributed by atoms with Crippen molar-refractivity contribution >= 4 is 11.6 Å². The van der Waals surface area contributed by atoms with Crippen molar-refractivity contribution in [1.82, 2.24) is 19.7 Å². The fourth-order valence-electron chi connectivity index (χ4n) is 2.32. The van der Waals surface area contributed by atoms with Gasteiger partial charge in [0.1, 0.15) is 12.7 Å². The number of amides is 1. The number of hydrogen-bond donors (Lipinski definition) is 2. The summed E-state index contributed by atoms with van der Waals surface area (Å²) in [6.45, 7) is 0.